The lowest BCUT2D eigenvalue weighted by atomic mass is 10.0. The van der Waals surface area contributed by atoms with E-state index in [1.807, 2.05) is 24.3 Å². The number of nitrogens with zero attached hydrogens (tertiary/aromatic N) is 2. The van der Waals surface area contributed by atoms with Crippen LogP contribution in [-0.4, -0.2) is 24.2 Å². The molecule has 0 fully saturated rings. The molecule has 5 heteroatoms. The quantitative estimate of drug-likeness (QED) is 0.884. The SMILES string of the molecule is COc1ccc(C(N)c2cc(OC)ncn2)cc1. The molecule has 18 heavy (non-hydrogen) atoms. The molecular weight excluding hydrogens is 230 g/mol. The van der Waals surface area contributed by atoms with Gasteiger partial charge >= 0.3 is 0 Å². The first kappa shape index (κ1) is 12.3. The van der Waals surface area contributed by atoms with E-state index in [1.165, 1.54) is 6.33 Å². The van der Waals surface area contributed by atoms with Crippen LogP contribution in [-0.2, 0) is 0 Å². The third-order valence-electron chi connectivity index (χ3n) is 2.67. The summed E-state index contributed by atoms with van der Waals surface area (Å²) in [5, 5.41) is 0. The molecule has 0 aliphatic carbocycles. The van der Waals surface area contributed by atoms with Crippen LogP contribution >= 0.6 is 0 Å². The summed E-state index contributed by atoms with van der Waals surface area (Å²) in [6, 6.07) is 8.99. The molecule has 0 spiro atoms. The summed E-state index contributed by atoms with van der Waals surface area (Å²) in [7, 11) is 3.19. The van der Waals surface area contributed by atoms with Crippen LogP contribution in [0.5, 0.6) is 11.6 Å². The molecule has 1 unspecified atom stereocenters. The van der Waals surface area contributed by atoms with E-state index in [0.29, 0.717) is 11.6 Å². The summed E-state index contributed by atoms with van der Waals surface area (Å²) in [5.41, 5.74) is 7.81. The van der Waals surface area contributed by atoms with E-state index in [0.717, 1.165) is 11.3 Å². The van der Waals surface area contributed by atoms with Crippen molar-refractivity contribution in [3.8, 4) is 11.6 Å². The van der Waals surface area contributed by atoms with Gasteiger partial charge in [-0.1, -0.05) is 12.1 Å². The van der Waals surface area contributed by atoms with Crippen molar-refractivity contribution in [2.75, 3.05) is 14.2 Å². The fourth-order valence-corrected chi connectivity index (χ4v) is 1.62. The number of hydrogen-bond donors (Lipinski definition) is 1. The number of aromatic nitrogens is 2. The molecule has 94 valence electrons. The molecule has 0 saturated heterocycles. The highest BCUT2D eigenvalue weighted by atomic mass is 16.5. The molecule has 0 radical (unpaired) electrons. The smallest absolute Gasteiger partial charge is 0.216 e. The number of benzene rings is 1. The first-order valence-corrected chi connectivity index (χ1v) is 5.50. The Morgan fingerprint density at radius 2 is 1.78 bits per heavy atom. The zero-order chi connectivity index (χ0) is 13.0. The highest BCUT2D eigenvalue weighted by Crippen LogP contribution is 2.21. The zero-order valence-electron chi connectivity index (χ0n) is 10.3. The van der Waals surface area contributed by atoms with Crippen molar-refractivity contribution < 1.29 is 9.47 Å². The van der Waals surface area contributed by atoms with Crippen molar-refractivity contribution in [3.05, 3.63) is 47.9 Å². The molecule has 2 aromatic rings. The molecule has 1 aromatic heterocycles. The molecule has 2 rings (SSSR count). The van der Waals surface area contributed by atoms with Crippen LogP contribution in [0.15, 0.2) is 36.7 Å². The first-order chi connectivity index (χ1) is 8.74. The maximum atomic E-state index is 6.14. The van der Waals surface area contributed by atoms with Gasteiger partial charge in [-0.25, -0.2) is 9.97 Å². The minimum Gasteiger partial charge on any atom is -0.497 e. The molecule has 0 aliphatic heterocycles. The standard InChI is InChI=1S/C13H15N3O2/c1-17-10-5-3-9(4-6-10)13(14)11-7-12(18-2)16-8-15-11/h3-8,13H,14H2,1-2H3. The van der Waals surface area contributed by atoms with Gasteiger partial charge in [0.25, 0.3) is 0 Å². The predicted molar refractivity (Wildman–Crippen MR) is 67.6 cm³/mol. The van der Waals surface area contributed by atoms with Crippen LogP contribution in [0.4, 0.5) is 0 Å². The van der Waals surface area contributed by atoms with Gasteiger partial charge in [0.2, 0.25) is 5.88 Å². The Bertz CT molecular complexity index is 514. The molecule has 0 amide bonds. The van der Waals surface area contributed by atoms with Gasteiger partial charge in [0.1, 0.15) is 12.1 Å². The average molecular weight is 245 g/mol. The van der Waals surface area contributed by atoms with Crippen LogP contribution in [0.3, 0.4) is 0 Å². The van der Waals surface area contributed by atoms with Gasteiger partial charge in [0.05, 0.1) is 26.0 Å². The summed E-state index contributed by atoms with van der Waals surface area (Å²) < 4.78 is 10.2. The van der Waals surface area contributed by atoms with Crippen LogP contribution in [0, 0.1) is 0 Å². The number of rotatable bonds is 4. The second-order valence-corrected chi connectivity index (χ2v) is 3.74. The third-order valence-corrected chi connectivity index (χ3v) is 2.67. The van der Waals surface area contributed by atoms with E-state index >= 15 is 0 Å². The van der Waals surface area contributed by atoms with E-state index in [9.17, 15) is 0 Å². The van der Waals surface area contributed by atoms with E-state index in [-0.39, 0.29) is 6.04 Å². The van der Waals surface area contributed by atoms with Crippen LogP contribution in [0.25, 0.3) is 0 Å². The number of ether oxygens (including phenoxy) is 2. The van der Waals surface area contributed by atoms with E-state index < -0.39 is 0 Å². The van der Waals surface area contributed by atoms with Gasteiger partial charge in [-0.3, -0.25) is 0 Å². The summed E-state index contributed by atoms with van der Waals surface area (Å²) in [6.45, 7) is 0. The molecule has 1 heterocycles. The van der Waals surface area contributed by atoms with Crippen LogP contribution in [0.1, 0.15) is 17.3 Å². The largest absolute Gasteiger partial charge is 0.497 e. The van der Waals surface area contributed by atoms with Crippen LogP contribution < -0.4 is 15.2 Å². The molecule has 2 N–H and O–H groups in total. The maximum absolute atomic E-state index is 6.14. The van der Waals surface area contributed by atoms with Crippen molar-refractivity contribution in [2.24, 2.45) is 5.73 Å². The van der Waals surface area contributed by atoms with Gasteiger partial charge in [-0.05, 0) is 17.7 Å². The van der Waals surface area contributed by atoms with Crippen molar-refractivity contribution in [2.45, 2.75) is 6.04 Å². The first-order valence-electron chi connectivity index (χ1n) is 5.50. The second kappa shape index (κ2) is 5.46. The summed E-state index contributed by atoms with van der Waals surface area (Å²) in [6.07, 6.45) is 1.44. The normalized spacial score (nSPS) is 11.9. The molecular formula is C13H15N3O2. The minimum absolute atomic E-state index is 0.312. The van der Waals surface area contributed by atoms with Crippen molar-refractivity contribution in [1.29, 1.82) is 0 Å². The van der Waals surface area contributed by atoms with Gasteiger partial charge in [-0.15, -0.1) is 0 Å². The van der Waals surface area contributed by atoms with Crippen LogP contribution in [0.2, 0.25) is 0 Å². The lowest BCUT2D eigenvalue weighted by molar-refractivity contribution is 0.395. The Morgan fingerprint density at radius 1 is 1.06 bits per heavy atom. The maximum Gasteiger partial charge on any atom is 0.216 e. The van der Waals surface area contributed by atoms with Gasteiger partial charge in [0.15, 0.2) is 0 Å². The highest BCUT2D eigenvalue weighted by molar-refractivity contribution is 5.33. The number of nitrogens with two attached hydrogens (primary N) is 1. The molecule has 5 nitrogen and oxygen atoms in total. The van der Waals surface area contributed by atoms with Gasteiger partial charge in [-0.2, -0.15) is 0 Å². The van der Waals surface area contributed by atoms with E-state index in [4.69, 9.17) is 15.2 Å². The molecule has 0 saturated carbocycles. The Labute approximate surface area is 106 Å². The lowest BCUT2D eigenvalue weighted by Gasteiger charge is -2.12. The monoisotopic (exact) mass is 245 g/mol. The average Bonchev–Trinajstić information content (AvgIpc) is 2.46. The lowest BCUT2D eigenvalue weighted by Crippen LogP contribution is -2.13. The zero-order valence-corrected chi connectivity index (χ0v) is 10.3. The number of hydrogen-bond acceptors (Lipinski definition) is 5. The Hall–Kier alpha value is -2.14. The van der Waals surface area contributed by atoms with Gasteiger partial charge < -0.3 is 15.2 Å². The van der Waals surface area contributed by atoms with Crippen molar-refractivity contribution >= 4 is 0 Å². The minimum atomic E-state index is -0.312. The summed E-state index contributed by atoms with van der Waals surface area (Å²) >= 11 is 0. The topological polar surface area (TPSA) is 70.3 Å². The Morgan fingerprint density at radius 3 is 2.39 bits per heavy atom. The van der Waals surface area contributed by atoms with Crippen molar-refractivity contribution in [3.63, 3.8) is 0 Å². The summed E-state index contributed by atoms with van der Waals surface area (Å²) in [4.78, 5) is 8.11. The predicted octanol–water partition coefficient (Wildman–Crippen LogP) is 1.54. The van der Waals surface area contributed by atoms with Crippen molar-refractivity contribution in [1.82, 2.24) is 9.97 Å². The van der Waals surface area contributed by atoms with E-state index in [1.54, 1.807) is 20.3 Å². The molecule has 1 atom stereocenters. The fourth-order valence-electron chi connectivity index (χ4n) is 1.62. The summed E-state index contributed by atoms with van der Waals surface area (Å²) in [5.74, 6) is 1.30. The fraction of sp³-hybridized carbons (Fsp3) is 0.231. The second-order valence-electron chi connectivity index (χ2n) is 3.74. The Balaban J connectivity index is 2.25. The highest BCUT2D eigenvalue weighted by Gasteiger charge is 2.11. The third kappa shape index (κ3) is 2.57. The molecule has 0 bridgehead atoms. The Kier molecular flexibility index (Phi) is 3.74. The molecule has 0 aliphatic rings. The van der Waals surface area contributed by atoms with E-state index in [2.05, 4.69) is 9.97 Å². The molecule has 1 aromatic carbocycles. The van der Waals surface area contributed by atoms with Gasteiger partial charge in [0, 0.05) is 6.07 Å². The number of methoxy groups -OCH3 is 2.